The van der Waals surface area contributed by atoms with Gasteiger partial charge in [0.1, 0.15) is 23.9 Å². The molecule has 0 aliphatic carbocycles. The zero-order chi connectivity index (χ0) is 22.7. The largest absolute Gasteiger partial charge is 0.489 e. The Kier molecular flexibility index (Phi) is 6.22. The Balaban J connectivity index is 1.41. The van der Waals surface area contributed by atoms with Gasteiger partial charge in [-0.05, 0) is 36.2 Å². The van der Waals surface area contributed by atoms with Crippen molar-refractivity contribution in [3.05, 3.63) is 59.9 Å². The lowest BCUT2D eigenvalue weighted by molar-refractivity contribution is -0.133. The van der Waals surface area contributed by atoms with Crippen LogP contribution in [0.4, 0.5) is 10.1 Å². The van der Waals surface area contributed by atoms with Crippen LogP contribution in [0, 0.1) is 5.82 Å². The highest BCUT2D eigenvalue weighted by Gasteiger charge is 2.37. The molecule has 0 aromatic heterocycles. The third-order valence-corrected chi connectivity index (χ3v) is 7.01. The van der Waals surface area contributed by atoms with Gasteiger partial charge in [-0.3, -0.25) is 9.59 Å². The van der Waals surface area contributed by atoms with E-state index in [1.54, 1.807) is 30.3 Å². The summed E-state index contributed by atoms with van der Waals surface area (Å²) in [7, 11) is -3.18. The molecule has 0 bridgehead atoms. The van der Waals surface area contributed by atoms with E-state index in [0.29, 0.717) is 17.9 Å². The van der Waals surface area contributed by atoms with Gasteiger partial charge in [0, 0.05) is 24.6 Å². The number of ether oxygens (including phenoxy) is 1. The molecule has 0 spiro atoms. The summed E-state index contributed by atoms with van der Waals surface area (Å²) in [4.78, 5) is 24.9. The van der Waals surface area contributed by atoms with Crippen LogP contribution >= 0.6 is 0 Å². The molecular formula is C22H22FN3O5S. The van der Waals surface area contributed by atoms with Gasteiger partial charge in [0.25, 0.3) is 5.91 Å². The lowest BCUT2D eigenvalue weighted by Crippen LogP contribution is -2.42. The number of anilines is 1. The second kappa shape index (κ2) is 9.07. The molecule has 8 nitrogen and oxygen atoms in total. The molecule has 2 amide bonds. The number of nitrogens with zero attached hydrogens (tertiary/aromatic N) is 2. The van der Waals surface area contributed by atoms with Crippen LogP contribution in [0.3, 0.4) is 0 Å². The smallest absolute Gasteiger partial charge is 0.271 e. The van der Waals surface area contributed by atoms with E-state index in [0.717, 1.165) is 10.6 Å². The Bertz CT molecular complexity index is 1180. The third kappa shape index (κ3) is 5.31. The minimum Gasteiger partial charge on any atom is -0.489 e. The van der Waals surface area contributed by atoms with Crippen molar-refractivity contribution in [1.82, 2.24) is 5.01 Å². The first-order valence-corrected chi connectivity index (χ1v) is 12.0. The second-order valence-electron chi connectivity index (χ2n) is 7.74. The summed E-state index contributed by atoms with van der Waals surface area (Å²) in [6.45, 7) is 0.187. The molecule has 2 heterocycles. The van der Waals surface area contributed by atoms with Gasteiger partial charge < -0.3 is 10.1 Å². The Labute approximate surface area is 185 Å². The maximum absolute atomic E-state index is 13.3. The number of hydrogen-bond donors (Lipinski definition) is 1. The number of sulfone groups is 1. The van der Waals surface area contributed by atoms with Gasteiger partial charge in [-0.2, -0.15) is 5.10 Å². The zero-order valence-electron chi connectivity index (χ0n) is 17.2. The van der Waals surface area contributed by atoms with Crippen molar-refractivity contribution in [2.75, 3.05) is 16.8 Å². The zero-order valence-corrected chi connectivity index (χ0v) is 18.0. The van der Waals surface area contributed by atoms with Crippen LogP contribution < -0.4 is 10.1 Å². The Morgan fingerprint density at radius 1 is 1.19 bits per heavy atom. The minimum absolute atomic E-state index is 0.0168. The van der Waals surface area contributed by atoms with Crippen LogP contribution in [0.15, 0.2) is 53.6 Å². The molecule has 1 N–H and O–H groups in total. The third-order valence-electron chi connectivity index (χ3n) is 5.26. The number of benzene rings is 2. The van der Waals surface area contributed by atoms with Crippen LogP contribution in [-0.2, 0) is 26.0 Å². The predicted octanol–water partition coefficient (Wildman–Crippen LogP) is 2.51. The summed E-state index contributed by atoms with van der Waals surface area (Å²) >= 11 is 0. The van der Waals surface area contributed by atoms with E-state index < -0.39 is 21.8 Å². The number of amides is 2. The molecule has 2 aromatic carbocycles. The van der Waals surface area contributed by atoms with Crippen LogP contribution in [0.1, 0.15) is 24.8 Å². The normalized spacial score (nSPS) is 20.0. The van der Waals surface area contributed by atoms with Gasteiger partial charge in [-0.15, -0.1) is 0 Å². The minimum atomic E-state index is -3.18. The summed E-state index contributed by atoms with van der Waals surface area (Å²) in [5.41, 5.74) is 1.46. The molecule has 2 aliphatic rings. The maximum Gasteiger partial charge on any atom is 0.271 e. The molecule has 1 saturated heterocycles. The van der Waals surface area contributed by atoms with E-state index in [-0.39, 0.29) is 48.4 Å². The number of carbonyl (C=O) groups is 2. The molecule has 1 unspecified atom stereocenters. The van der Waals surface area contributed by atoms with Gasteiger partial charge in [0.05, 0.1) is 17.5 Å². The molecule has 4 rings (SSSR count). The van der Waals surface area contributed by atoms with Gasteiger partial charge in [0.15, 0.2) is 9.84 Å². The molecular weight excluding hydrogens is 437 g/mol. The van der Waals surface area contributed by atoms with E-state index in [4.69, 9.17) is 4.74 Å². The van der Waals surface area contributed by atoms with E-state index >= 15 is 0 Å². The number of hydrogen-bond acceptors (Lipinski definition) is 6. The molecule has 1 atom stereocenters. The van der Waals surface area contributed by atoms with Crippen LogP contribution in [0.25, 0.3) is 0 Å². The molecule has 168 valence electrons. The lowest BCUT2D eigenvalue weighted by Gasteiger charge is -2.27. The first-order valence-electron chi connectivity index (χ1n) is 10.2. The first kappa shape index (κ1) is 21.9. The molecule has 0 saturated carbocycles. The Hall–Kier alpha value is -3.27. The number of hydrazone groups is 1. The fraction of sp³-hybridized carbons (Fsp3) is 0.318. The monoisotopic (exact) mass is 459 g/mol. The molecule has 0 radical (unpaired) electrons. The fourth-order valence-electron chi connectivity index (χ4n) is 3.65. The highest BCUT2D eigenvalue weighted by molar-refractivity contribution is 7.91. The van der Waals surface area contributed by atoms with Crippen molar-refractivity contribution in [1.29, 1.82) is 0 Å². The quantitative estimate of drug-likeness (QED) is 0.715. The average molecular weight is 459 g/mol. The van der Waals surface area contributed by atoms with Gasteiger partial charge in [-0.25, -0.2) is 17.8 Å². The number of carbonyl (C=O) groups excluding carboxylic acids is 2. The van der Waals surface area contributed by atoms with Crippen molar-refractivity contribution >= 4 is 33.1 Å². The fourth-order valence-corrected chi connectivity index (χ4v) is 5.35. The maximum atomic E-state index is 13.3. The standard InChI is InChI=1S/C22H22FN3O5S/c23-16-4-2-6-19(12-16)31-13-15-3-1-5-17(11-15)24-22(28)20-7-8-21(27)26(25-20)18-9-10-32(29,30)14-18/h1-6,11-12,18H,7-10,13-14H2,(H,24,28). The van der Waals surface area contributed by atoms with E-state index in [1.807, 2.05) is 6.07 Å². The summed E-state index contributed by atoms with van der Waals surface area (Å²) in [6.07, 6.45) is 0.604. The molecule has 32 heavy (non-hydrogen) atoms. The predicted molar refractivity (Wildman–Crippen MR) is 116 cm³/mol. The first-order chi connectivity index (χ1) is 15.3. The molecule has 1 fully saturated rings. The SMILES string of the molecule is O=C(Nc1cccc(COc2cccc(F)c2)c1)C1=NN(C2CCS(=O)(=O)C2)C(=O)CC1. The van der Waals surface area contributed by atoms with Gasteiger partial charge >= 0.3 is 0 Å². The topological polar surface area (TPSA) is 105 Å². The highest BCUT2D eigenvalue weighted by atomic mass is 32.2. The molecule has 2 aliphatic heterocycles. The Morgan fingerprint density at radius 2 is 2.00 bits per heavy atom. The van der Waals surface area contributed by atoms with E-state index in [2.05, 4.69) is 10.4 Å². The van der Waals surface area contributed by atoms with Crippen molar-refractivity contribution in [3.63, 3.8) is 0 Å². The molecule has 2 aromatic rings. The summed E-state index contributed by atoms with van der Waals surface area (Å²) in [5.74, 6) is -0.839. The number of rotatable bonds is 6. The number of halogens is 1. The van der Waals surface area contributed by atoms with Crippen molar-refractivity contribution in [3.8, 4) is 5.75 Å². The van der Waals surface area contributed by atoms with Crippen LogP contribution in [0.5, 0.6) is 5.75 Å². The summed E-state index contributed by atoms with van der Waals surface area (Å²) in [5, 5.41) is 8.10. The van der Waals surface area contributed by atoms with Crippen molar-refractivity contribution in [2.45, 2.75) is 31.9 Å². The van der Waals surface area contributed by atoms with Crippen molar-refractivity contribution in [2.24, 2.45) is 5.10 Å². The lowest BCUT2D eigenvalue weighted by atomic mass is 10.1. The van der Waals surface area contributed by atoms with Crippen molar-refractivity contribution < 1.29 is 27.1 Å². The number of nitrogens with one attached hydrogen (secondary N) is 1. The highest BCUT2D eigenvalue weighted by Crippen LogP contribution is 2.23. The average Bonchev–Trinajstić information content (AvgIpc) is 3.12. The van der Waals surface area contributed by atoms with Gasteiger partial charge in [-0.1, -0.05) is 18.2 Å². The van der Waals surface area contributed by atoms with E-state index in [9.17, 15) is 22.4 Å². The van der Waals surface area contributed by atoms with Gasteiger partial charge in [0.2, 0.25) is 5.91 Å². The molecule has 10 heteroatoms. The summed E-state index contributed by atoms with van der Waals surface area (Å²) in [6, 6.07) is 12.3. The Morgan fingerprint density at radius 3 is 2.75 bits per heavy atom. The summed E-state index contributed by atoms with van der Waals surface area (Å²) < 4.78 is 42.3. The van der Waals surface area contributed by atoms with Crippen LogP contribution in [0.2, 0.25) is 0 Å². The second-order valence-corrected chi connectivity index (χ2v) is 9.97. The van der Waals surface area contributed by atoms with E-state index in [1.165, 1.54) is 12.1 Å². The van der Waals surface area contributed by atoms with Crippen LogP contribution in [-0.4, -0.2) is 48.5 Å².